The van der Waals surface area contributed by atoms with Crippen LogP contribution < -0.4 is 10.6 Å². The number of ether oxygens (including phenoxy) is 1. The smallest absolute Gasteiger partial charge is 0.224 e. The number of hydrogen-bond donors (Lipinski definition) is 5. The molecular formula is C23H32N6O4S. The zero-order chi connectivity index (χ0) is 24.2. The first-order valence-electron chi connectivity index (χ1n) is 11.6. The summed E-state index contributed by atoms with van der Waals surface area (Å²) in [5.41, 5.74) is 2.25. The van der Waals surface area contributed by atoms with E-state index >= 15 is 0 Å². The van der Waals surface area contributed by atoms with E-state index in [4.69, 9.17) is 14.7 Å². The highest BCUT2D eigenvalue weighted by Crippen LogP contribution is 2.37. The number of aryl methyl sites for hydroxylation is 1. The fourth-order valence-electron chi connectivity index (χ4n) is 4.29. The lowest BCUT2D eigenvalue weighted by atomic mass is 10.1. The summed E-state index contributed by atoms with van der Waals surface area (Å²) in [4.78, 5) is 18.3. The summed E-state index contributed by atoms with van der Waals surface area (Å²) < 4.78 is 6.72. The number of aliphatic hydroxyl groups excluding tert-OH is 3. The van der Waals surface area contributed by atoms with E-state index in [1.165, 1.54) is 11.3 Å². The second-order valence-electron chi connectivity index (χ2n) is 8.50. The van der Waals surface area contributed by atoms with Gasteiger partial charge in [0, 0.05) is 31.9 Å². The van der Waals surface area contributed by atoms with Crippen molar-refractivity contribution in [3.05, 3.63) is 24.2 Å². The Labute approximate surface area is 202 Å². The van der Waals surface area contributed by atoms with Gasteiger partial charge in [0.2, 0.25) is 5.95 Å². The largest absolute Gasteiger partial charge is 0.396 e. The predicted octanol–water partition coefficient (Wildman–Crippen LogP) is 2.20. The van der Waals surface area contributed by atoms with Crippen LogP contribution in [0.5, 0.6) is 0 Å². The SMILES string of the molecule is CCOC(CC)CNc1nc(C)c(-c2nc3cnccc3s2)c(NC2C[C@H](CO)[C@@H](O)[C@H]2O)n1. The number of fused-ring (bicyclic) bond motifs is 1. The van der Waals surface area contributed by atoms with Gasteiger partial charge in [0.25, 0.3) is 0 Å². The van der Waals surface area contributed by atoms with E-state index < -0.39 is 24.2 Å². The molecular weight excluding hydrogens is 456 g/mol. The Morgan fingerprint density at radius 3 is 2.71 bits per heavy atom. The zero-order valence-electron chi connectivity index (χ0n) is 19.6. The molecule has 0 aromatic carbocycles. The van der Waals surface area contributed by atoms with Crippen molar-refractivity contribution in [2.75, 3.05) is 30.4 Å². The molecule has 5 N–H and O–H groups in total. The first-order valence-corrected chi connectivity index (χ1v) is 12.4. The Morgan fingerprint density at radius 2 is 2.03 bits per heavy atom. The molecule has 2 unspecified atom stereocenters. The summed E-state index contributed by atoms with van der Waals surface area (Å²) >= 11 is 1.51. The van der Waals surface area contributed by atoms with Crippen LogP contribution >= 0.6 is 11.3 Å². The van der Waals surface area contributed by atoms with E-state index in [-0.39, 0.29) is 12.7 Å². The molecule has 0 aliphatic heterocycles. The minimum Gasteiger partial charge on any atom is -0.396 e. The number of aromatic nitrogens is 4. The summed E-state index contributed by atoms with van der Waals surface area (Å²) in [6.07, 6.45) is 2.73. The lowest BCUT2D eigenvalue weighted by Crippen LogP contribution is -2.36. The summed E-state index contributed by atoms with van der Waals surface area (Å²) in [5, 5.41) is 37.8. The van der Waals surface area contributed by atoms with Gasteiger partial charge >= 0.3 is 0 Å². The Balaban J connectivity index is 1.69. The summed E-state index contributed by atoms with van der Waals surface area (Å²) in [7, 11) is 0. The normalized spacial score (nSPS) is 23.4. The van der Waals surface area contributed by atoms with Crippen LogP contribution in [0.15, 0.2) is 18.5 Å². The maximum Gasteiger partial charge on any atom is 0.224 e. The molecule has 34 heavy (non-hydrogen) atoms. The fourth-order valence-corrected chi connectivity index (χ4v) is 5.32. The number of pyridine rings is 1. The van der Waals surface area contributed by atoms with E-state index in [1.807, 2.05) is 19.9 Å². The molecule has 1 aliphatic rings. The molecule has 5 atom stereocenters. The lowest BCUT2D eigenvalue weighted by Gasteiger charge is -2.22. The first-order chi connectivity index (χ1) is 16.4. The molecule has 3 aromatic heterocycles. The van der Waals surface area contributed by atoms with Gasteiger partial charge in [0.1, 0.15) is 22.4 Å². The second-order valence-corrected chi connectivity index (χ2v) is 9.53. The van der Waals surface area contributed by atoms with Crippen LogP contribution in [0.3, 0.4) is 0 Å². The second kappa shape index (κ2) is 10.9. The van der Waals surface area contributed by atoms with Gasteiger partial charge in [-0.3, -0.25) is 4.98 Å². The number of hydrogen-bond acceptors (Lipinski definition) is 11. The summed E-state index contributed by atoms with van der Waals surface area (Å²) in [6.45, 7) is 6.93. The monoisotopic (exact) mass is 488 g/mol. The molecule has 0 bridgehead atoms. The molecule has 11 heteroatoms. The van der Waals surface area contributed by atoms with Crippen LogP contribution in [0.2, 0.25) is 0 Å². The number of aliphatic hydroxyl groups is 3. The van der Waals surface area contributed by atoms with Crippen LogP contribution in [0.1, 0.15) is 32.4 Å². The molecule has 3 heterocycles. The van der Waals surface area contributed by atoms with Gasteiger partial charge in [0.15, 0.2) is 0 Å². The quantitative estimate of drug-likeness (QED) is 0.288. The third kappa shape index (κ3) is 5.13. The number of nitrogens with one attached hydrogen (secondary N) is 2. The highest BCUT2D eigenvalue weighted by atomic mass is 32.1. The number of rotatable bonds is 10. The van der Waals surface area contributed by atoms with Gasteiger partial charge in [0.05, 0.1) is 40.4 Å². The summed E-state index contributed by atoms with van der Waals surface area (Å²) in [5.74, 6) is 0.555. The number of thiazole rings is 1. The van der Waals surface area contributed by atoms with E-state index in [9.17, 15) is 15.3 Å². The Kier molecular flexibility index (Phi) is 7.89. The maximum absolute atomic E-state index is 10.6. The molecule has 0 amide bonds. The average Bonchev–Trinajstić information content (AvgIpc) is 3.37. The number of anilines is 2. The molecule has 3 aromatic rings. The van der Waals surface area contributed by atoms with Crippen LogP contribution in [0.4, 0.5) is 11.8 Å². The van der Waals surface area contributed by atoms with Crippen LogP contribution in [-0.4, -0.2) is 79.4 Å². The van der Waals surface area contributed by atoms with Crippen molar-refractivity contribution in [3.8, 4) is 10.6 Å². The molecule has 1 aliphatic carbocycles. The Morgan fingerprint density at radius 1 is 1.21 bits per heavy atom. The fraction of sp³-hybridized carbons (Fsp3) is 0.565. The highest BCUT2D eigenvalue weighted by Gasteiger charge is 2.41. The van der Waals surface area contributed by atoms with Gasteiger partial charge < -0.3 is 30.7 Å². The van der Waals surface area contributed by atoms with Crippen molar-refractivity contribution >= 4 is 33.3 Å². The van der Waals surface area contributed by atoms with Crippen molar-refractivity contribution in [3.63, 3.8) is 0 Å². The number of nitrogens with zero attached hydrogens (tertiary/aromatic N) is 4. The van der Waals surface area contributed by atoms with Crippen molar-refractivity contribution in [1.29, 1.82) is 0 Å². The van der Waals surface area contributed by atoms with E-state index in [0.29, 0.717) is 31.3 Å². The zero-order valence-corrected chi connectivity index (χ0v) is 20.4. The van der Waals surface area contributed by atoms with Crippen molar-refractivity contribution < 1.29 is 20.1 Å². The topological polar surface area (TPSA) is 146 Å². The van der Waals surface area contributed by atoms with Gasteiger partial charge in [-0.15, -0.1) is 11.3 Å². The van der Waals surface area contributed by atoms with Crippen molar-refractivity contribution in [1.82, 2.24) is 19.9 Å². The standard InChI is InChI=1S/C23H32N6O4S/c1-4-14(33-5-2)9-25-23-26-12(3)18(22-28-16-10-24-7-6-17(16)34-22)21(29-23)27-15-8-13(11-30)19(31)20(15)32/h6-7,10,13-15,19-20,30-32H,4-5,8-9,11H2,1-3H3,(H2,25,26,27,29)/t13-,14?,15?,19-,20+/m1/s1. The molecule has 4 rings (SSSR count). The van der Waals surface area contributed by atoms with Gasteiger partial charge in [-0.2, -0.15) is 4.98 Å². The molecule has 1 fully saturated rings. The third-order valence-electron chi connectivity index (χ3n) is 6.20. The van der Waals surface area contributed by atoms with Gasteiger partial charge in [-0.05, 0) is 32.8 Å². The molecule has 1 saturated carbocycles. The Hall–Kier alpha value is -2.44. The third-order valence-corrected chi connectivity index (χ3v) is 7.25. The van der Waals surface area contributed by atoms with E-state index in [1.54, 1.807) is 12.4 Å². The molecule has 0 spiro atoms. The first kappa shape index (κ1) is 24.7. The van der Waals surface area contributed by atoms with Crippen molar-refractivity contribution in [2.24, 2.45) is 5.92 Å². The van der Waals surface area contributed by atoms with Crippen molar-refractivity contribution in [2.45, 2.75) is 58.0 Å². The molecule has 10 nitrogen and oxygen atoms in total. The Bertz CT molecular complexity index is 1080. The predicted molar refractivity (Wildman–Crippen MR) is 132 cm³/mol. The van der Waals surface area contributed by atoms with Crippen LogP contribution in [-0.2, 0) is 4.74 Å². The van der Waals surface area contributed by atoms with Gasteiger partial charge in [-0.1, -0.05) is 6.92 Å². The average molecular weight is 489 g/mol. The van der Waals surface area contributed by atoms with E-state index in [2.05, 4.69) is 27.5 Å². The molecule has 0 saturated heterocycles. The lowest BCUT2D eigenvalue weighted by molar-refractivity contribution is 0.00446. The van der Waals surface area contributed by atoms with E-state index in [0.717, 1.165) is 32.9 Å². The minimum atomic E-state index is -1.03. The highest BCUT2D eigenvalue weighted by molar-refractivity contribution is 7.21. The molecule has 184 valence electrons. The van der Waals surface area contributed by atoms with Crippen LogP contribution in [0, 0.1) is 12.8 Å². The maximum atomic E-state index is 10.6. The molecule has 0 radical (unpaired) electrons. The summed E-state index contributed by atoms with van der Waals surface area (Å²) in [6, 6.07) is 1.44. The van der Waals surface area contributed by atoms with Gasteiger partial charge in [-0.25, -0.2) is 9.97 Å². The minimum absolute atomic E-state index is 0.0406. The van der Waals surface area contributed by atoms with Crippen LogP contribution in [0.25, 0.3) is 20.8 Å².